The summed E-state index contributed by atoms with van der Waals surface area (Å²) in [4.78, 5) is 32.2. The summed E-state index contributed by atoms with van der Waals surface area (Å²) in [5.41, 5.74) is 1.71. The molecule has 1 aliphatic rings. The van der Waals surface area contributed by atoms with Crippen LogP contribution in [-0.2, 0) is 9.53 Å². The van der Waals surface area contributed by atoms with Crippen LogP contribution in [0.1, 0.15) is 44.9 Å². The van der Waals surface area contributed by atoms with Crippen LogP contribution in [-0.4, -0.2) is 37.0 Å². The molecule has 0 aliphatic carbocycles. The molecule has 3 aromatic rings. The SMILES string of the molecule is C#CCOc1c(Cl)cc(/C=c2\sc3n(c2=O)[C@@H](c2ccc(OC(C)C)c(OC)c2)C(C(=O)OCC)=C(C)N=3)cc1Br. The Morgan fingerprint density at radius 3 is 2.68 bits per heavy atom. The number of carbonyl (C=O) groups is 1. The lowest BCUT2D eigenvalue weighted by Gasteiger charge is -2.25. The quantitative estimate of drug-likeness (QED) is 0.237. The van der Waals surface area contributed by atoms with Gasteiger partial charge in [-0.15, -0.1) is 6.42 Å². The van der Waals surface area contributed by atoms with E-state index in [1.165, 1.54) is 23.0 Å². The number of ether oxygens (including phenoxy) is 4. The Balaban J connectivity index is 1.91. The van der Waals surface area contributed by atoms with E-state index in [2.05, 4.69) is 26.8 Å². The molecule has 0 N–H and O–H groups in total. The topological polar surface area (TPSA) is 88.3 Å². The predicted molar refractivity (Wildman–Crippen MR) is 163 cm³/mol. The van der Waals surface area contributed by atoms with E-state index >= 15 is 0 Å². The molecule has 0 spiro atoms. The number of carbonyl (C=O) groups excluding carboxylic acids is 1. The number of hydrogen-bond donors (Lipinski definition) is 0. The largest absolute Gasteiger partial charge is 0.493 e. The van der Waals surface area contributed by atoms with Crippen LogP contribution >= 0.6 is 38.9 Å². The number of fused-ring (bicyclic) bond motifs is 1. The van der Waals surface area contributed by atoms with Crippen molar-refractivity contribution in [2.24, 2.45) is 4.99 Å². The number of esters is 1. The van der Waals surface area contributed by atoms with E-state index in [9.17, 15) is 9.59 Å². The number of nitrogens with zero attached hydrogens (tertiary/aromatic N) is 2. The summed E-state index contributed by atoms with van der Waals surface area (Å²) in [5.74, 6) is 3.30. The number of rotatable bonds is 9. The molecule has 0 fully saturated rings. The van der Waals surface area contributed by atoms with Crippen molar-refractivity contribution in [3.8, 4) is 29.6 Å². The van der Waals surface area contributed by atoms with Gasteiger partial charge in [0.05, 0.1) is 51.2 Å². The number of hydrogen-bond acceptors (Lipinski definition) is 8. The van der Waals surface area contributed by atoms with Gasteiger partial charge in [-0.2, -0.15) is 0 Å². The van der Waals surface area contributed by atoms with Crippen LogP contribution in [0.4, 0.5) is 0 Å². The zero-order valence-electron chi connectivity index (χ0n) is 23.1. The molecule has 0 amide bonds. The minimum absolute atomic E-state index is 0.0633. The van der Waals surface area contributed by atoms with Gasteiger partial charge in [-0.25, -0.2) is 9.79 Å². The molecule has 1 aromatic heterocycles. The fraction of sp³-hybridized carbons (Fsp3) is 0.300. The van der Waals surface area contributed by atoms with Gasteiger partial charge >= 0.3 is 5.97 Å². The van der Waals surface area contributed by atoms with Crippen LogP contribution in [0.5, 0.6) is 17.2 Å². The molecule has 2 aromatic carbocycles. The van der Waals surface area contributed by atoms with Gasteiger partial charge in [0, 0.05) is 0 Å². The van der Waals surface area contributed by atoms with E-state index in [1.807, 2.05) is 19.9 Å². The Morgan fingerprint density at radius 1 is 1.29 bits per heavy atom. The minimum atomic E-state index is -0.802. The lowest BCUT2D eigenvalue weighted by molar-refractivity contribution is -0.139. The van der Waals surface area contributed by atoms with Gasteiger partial charge in [0.1, 0.15) is 6.61 Å². The van der Waals surface area contributed by atoms with Gasteiger partial charge < -0.3 is 18.9 Å². The normalized spacial score (nSPS) is 14.8. The van der Waals surface area contributed by atoms with E-state index in [0.29, 0.717) is 52.9 Å². The third kappa shape index (κ3) is 6.38. The summed E-state index contributed by atoms with van der Waals surface area (Å²) >= 11 is 11.1. The van der Waals surface area contributed by atoms with Crippen molar-refractivity contribution in [2.45, 2.75) is 39.8 Å². The van der Waals surface area contributed by atoms with Crippen molar-refractivity contribution in [2.75, 3.05) is 20.3 Å². The molecule has 0 bridgehead atoms. The average Bonchev–Trinajstić information content (AvgIpc) is 3.21. The molecule has 0 radical (unpaired) electrons. The van der Waals surface area contributed by atoms with E-state index in [4.69, 9.17) is 37.0 Å². The van der Waals surface area contributed by atoms with Gasteiger partial charge in [-0.1, -0.05) is 34.9 Å². The van der Waals surface area contributed by atoms with E-state index in [0.717, 1.165) is 0 Å². The molecule has 0 saturated carbocycles. The highest BCUT2D eigenvalue weighted by atomic mass is 79.9. The lowest BCUT2D eigenvalue weighted by atomic mass is 9.95. The van der Waals surface area contributed by atoms with Gasteiger partial charge in [0.2, 0.25) is 0 Å². The van der Waals surface area contributed by atoms with E-state index in [1.54, 1.807) is 44.2 Å². The maximum Gasteiger partial charge on any atom is 0.338 e. The number of methoxy groups -OCH3 is 1. The maximum atomic E-state index is 13.9. The molecule has 214 valence electrons. The standard InChI is InChI=1S/C30H28BrClN2O6S/c1-7-11-39-27-20(31)12-18(13-21(27)32)14-24-28(35)34-26(19-9-10-22(40-16(3)4)23(15-19)37-6)25(29(36)38-8-2)17(5)33-30(34)41-24/h1,9-10,12-16,26H,8,11H2,2-6H3/b24-14-/t26-/m0/s1. The first-order chi connectivity index (χ1) is 19.6. The molecule has 4 rings (SSSR count). The van der Waals surface area contributed by atoms with Crippen LogP contribution in [0.3, 0.4) is 0 Å². The Kier molecular flexibility index (Phi) is 9.64. The number of terminal acetylenes is 1. The molecule has 41 heavy (non-hydrogen) atoms. The first-order valence-corrected chi connectivity index (χ1v) is 14.7. The lowest BCUT2D eigenvalue weighted by Crippen LogP contribution is -2.40. The van der Waals surface area contributed by atoms with Crippen molar-refractivity contribution < 1.29 is 23.7 Å². The second-order valence-electron chi connectivity index (χ2n) is 9.19. The number of allylic oxidation sites excluding steroid dienone is 1. The van der Waals surface area contributed by atoms with Gasteiger partial charge in [0.25, 0.3) is 5.56 Å². The fourth-order valence-electron chi connectivity index (χ4n) is 4.38. The minimum Gasteiger partial charge on any atom is -0.493 e. The average molecular weight is 660 g/mol. The van der Waals surface area contributed by atoms with Crippen molar-refractivity contribution in [1.29, 1.82) is 0 Å². The van der Waals surface area contributed by atoms with Crippen molar-refractivity contribution >= 4 is 50.9 Å². The molecule has 2 heterocycles. The highest BCUT2D eigenvalue weighted by Crippen LogP contribution is 2.37. The fourth-order valence-corrected chi connectivity index (χ4v) is 6.41. The first kappa shape index (κ1) is 30.4. The van der Waals surface area contributed by atoms with E-state index < -0.39 is 12.0 Å². The number of halogens is 2. The maximum absolute atomic E-state index is 13.9. The van der Waals surface area contributed by atoms with Crippen molar-refractivity contribution in [3.63, 3.8) is 0 Å². The Bertz CT molecular complexity index is 1730. The highest BCUT2D eigenvalue weighted by Gasteiger charge is 2.34. The Morgan fingerprint density at radius 2 is 2.05 bits per heavy atom. The number of benzene rings is 2. The van der Waals surface area contributed by atoms with Crippen LogP contribution < -0.4 is 29.1 Å². The Hall–Kier alpha value is -3.52. The zero-order chi connectivity index (χ0) is 29.8. The van der Waals surface area contributed by atoms with Crippen LogP contribution in [0, 0.1) is 12.3 Å². The second-order valence-corrected chi connectivity index (χ2v) is 11.5. The predicted octanol–water partition coefficient (Wildman–Crippen LogP) is 5.02. The van der Waals surface area contributed by atoms with E-state index in [-0.39, 0.29) is 30.5 Å². The third-order valence-corrected chi connectivity index (χ3v) is 7.85. The molecule has 11 heteroatoms. The molecule has 1 aliphatic heterocycles. The molecule has 0 unspecified atom stereocenters. The summed E-state index contributed by atoms with van der Waals surface area (Å²) in [6, 6.07) is 8.01. The number of thiazole rings is 1. The third-order valence-electron chi connectivity index (χ3n) is 6.00. The van der Waals surface area contributed by atoms with Gasteiger partial charge in [0.15, 0.2) is 22.0 Å². The molecule has 1 atom stereocenters. The highest BCUT2D eigenvalue weighted by molar-refractivity contribution is 9.10. The molecular formula is C30H28BrClN2O6S. The summed E-state index contributed by atoms with van der Waals surface area (Å²) in [6.07, 6.45) is 6.94. The summed E-state index contributed by atoms with van der Waals surface area (Å²) in [5, 5.41) is 0.336. The molecular weight excluding hydrogens is 632 g/mol. The monoisotopic (exact) mass is 658 g/mol. The summed E-state index contributed by atoms with van der Waals surface area (Å²) in [7, 11) is 1.54. The van der Waals surface area contributed by atoms with Crippen molar-refractivity contribution in [1.82, 2.24) is 4.57 Å². The smallest absolute Gasteiger partial charge is 0.338 e. The summed E-state index contributed by atoms with van der Waals surface area (Å²) < 4.78 is 24.9. The van der Waals surface area contributed by atoms with Crippen LogP contribution in [0.25, 0.3) is 6.08 Å². The van der Waals surface area contributed by atoms with Crippen LogP contribution in [0.2, 0.25) is 5.02 Å². The second kappa shape index (κ2) is 13.0. The Labute approximate surface area is 255 Å². The summed E-state index contributed by atoms with van der Waals surface area (Å²) in [6.45, 7) is 7.53. The van der Waals surface area contributed by atoms with Crippen LogP contribution in [0.15, 0.2) is 55.9 Å². The first-order valence-electron chi connectivity index (χ1n) is 12.7. The molecule has 0 saturated heterocycles. The molecule has 8 nitrogen and oxygen atoms in total. The zero-order valence-corrected chi connectivity index (χ0v) is 26.3. The number of aromatic nitrogens is 1. The van der Waals surface area contributed by atoms with Gasteiger partial charge in [-0.05, 0) is 85.1 Å². The van der Waals surface area contributed by atoms with Crippen molar-refractivity contribution in [3.05, 3.63) is 81.9 Å². The van der Waals surface area contributed by atoms with Gasteiger partial charge in [-0.3, -0.25) is 9.36 Å².